The Morgan fingerprint density at radius 1 is 0.641 bits per heavy atom. The predicted octanol–water partition coefficient (Wildman–Crippen LogP) is 2.56. The van der Waals surface area contributed by atoms with Crippen molar-refractivity contribution in [2.24, 2.45) is 0 Å². The van der Waals surface area contributed by atoms with Gasteiger partial charge in [-0.05, 0) is 64.8 Å². The van der Waals surface area contributed by atoms with Gasteiger partial charge in [-0.15, -0.1) is 10.2 Å². The summed E-state index contributed by atoms with van der Waals surface area (Å²) in [6, 6.07) is 8.46. The molecule has 2 aromatic heterocycles. The molecule has 2 saturated heterocycles. The lowest BCUT2D eigenvalue weighted by molar-refractivity contribution is -0.281. The van der Waals surface area contributed by atoms with E-state index >= 15 is 8.78 Å². The SMILES string of the molecule is COc1ccc(Cc2c(O[C@@H]3O[C@H](COC(=O)OC[C@H]4O[C@@H](Oc5nn(C(C)C)c(C)c5Cc5ccc(OC)cc5F)[C@H](O)[C@@H](O)[C@@H]4O)[C@@H](O)[C@H](O)[C@H]3O)nn(C(C)C)c2C)c(F)c1. The Balaban J connectivity index is 1.10. The normalized spacial score (nSPS) is 26.0. The topological polar surface area (TPSA) is 248 Å². The van der Waals surface area contributed by atoms with E-state index < -0.39 is 92.4 Å². The second kappa shape index (κ2) is 20.4. The average molecular weight is 907 g/mol. The van der Waals surface area contributed by atoms with Crippen LogP contribution >= 0.6 is 0 Å². The van der Waals surface area contributed by atoms with Crippen molar-refractivity contribution in [1.29, 1.82) is 0 Å². The van der Waals surface area contributed by atoms with Crippen LogP contribution in [0, 0.1) is 25.5 Å². The Bertz CT molecular complexity index is 2090. The molecule has 352 valence electrons. The van der Waals surface area contributed by atoms with Crippen molar-refractivity contribution >= 4 is 6.16 Å². The van der Waals surface area contributed by atoms with Gasteiger partial charge in [-0.3, -0.25) is 9.36 Å². The number of carbonyl (C=O) groups is 1. The summed E-state index contributed by atoms with van der Waals surface area (Å²) in [7, 11) is 2.84. The average Bonchev–Trinajstić information content (AvgIpc) is 3.74. The number of nitrogens with zero attached hydrogens (tertiary/aromatic N) is 4. The van der Waals surface area contributed by atoms with Gasteiger partial charge < -0.3 is 68.5 Å². The maximum atomic E-state index is 15.0. The predicted molar refractivity (Wildman–Crippen MR) is 218 cm³/mol. The number of carbonyl (C=O) groups excluding carboxylic acids is 1. The van der Waals surface area contributed by atoms with E-state index in [1.807, 2.05) is 27.7 Å². The summed E-state index contributed by atoms with van der Waals surface area (Å²) in [5, 5.41) is 73.8. The standard InChI is InChI=1S/C43H56F2N4O15/c1-19(2)48-21(5)27(13-23-9-11-25(57-7)15-29(23)44)39(46-48)63-41-37(54)35(52)33(50)31(61-41)17-59-43(56)60-18-32-34(51)36(53)38(55)42(62-32)64-40-28(22(6)49(47-40)20(3)4)14-24-10-12-26(58-8)16-30(24)45/h9-12,15-16,19-20,31-38,41-42,50-55H,13-14,17-18H2,1-8H3/t31-,32-,33-,34-,35+,36+,37-,38-,41+,42+/m1/s1. The third-order valence-electron chi connectivity index (χ3n) is 11.2. The van der Waals surface area contributed by atoms with Gasteiger partial charge in [-0.1, -0.05) is 12.1 Å². The quantitative estimate of drug-likeness (QED) is 0.0885. The molecule has 0 spiro atoms. The fraction of sp³-hybridized carbons (Fsp3) is 0.558. The molecule has 0 unspecified atom stereocenters. The molecule has 0 bridgehead atoms. The minimum Gasteiger partial charge on any atom is -0.497 e. The van der Waals surface area contributed by atoms with Gasteiger partial charge in [0.2, 0.25) is 24.3 Å². The maximum absolute atomic E-state index is 15.0. The van der Waals surface area contributed by atoms with Crippen LogP contribution in [-0.2, 0) is 31.8 Å². The van der Waals surface area contributed by atoms with Gasteiger partial charge in [0, 0.05) is 59.6 Å². The number of aliphatic hydroxyl groups is 6. The second-order valence-corrected chi connectivity index (χ2v) is 16.2. The van der Waals surface area contributed by atoms with Crippen LogP contribution in [0.4, 0.5) is 13.6 Å². The van der Waals surface area contributed by atoms with Crippen LogP contribution in [0.25, 0.3) is 0 Å². The van der Waals surface area contributed by atoms with Crippen LogP contribution in [0.1, 0.15) is 73.4 Å². The largest absolute Gasteiger partial charge is 0.508 e. The van der Waals surface area contributed by atoms with E-state index in [2.05, 4.69) is 10.2 Å². The van der Waals surface area contributed by atoms with Gasteiger partial charge in [-0.25, -0.2) is 13.6 Å². The molecule has 2 fully saturated rings. The lowest BCUT2D eigenvalue weighted by Crippen LogP contribution is -2.60. The van der Waals surface area contributed by atoms with Crippen molar-refractivity contribution < 1.29 is 82.1 Å². The Morgan fingerprint density at radius 2 is 1.02 bits per heavy atom. The van der Waals surface area contributed by atoms with Crippen molar-refractivity contribution in [1.82, 2.24) is 19.6 Å². The Hall–Kier alpha value is -5.13. The molecule has 2 aliphatic rings. The fourth-order valence-electron chi connectivity index (χ4n) is 7.50. The lowest BCUT2D eigenvalue weighted by atomic mass is 9.99. The summed E-state index contributed by atoms with van der Waals surface area (Å²) >= 11 is 0. The van der Waals surface area contributed by atoms with Gasteiger partial charge in [0.15, 0.2) is 0 Å². The molecule has 2 aromatic carbocycles. The fourth-order valence-corrected chi connectivity index (χ4v) is 7.50. The smallest absolute Gasteiger partial charge is 0.497 e. The molecular formula is C43H56F2N4O15. The van der Waals surface area contributed by atoms with Gasteiger partial charge in [0.25, 0.3) is 0 Å². The highest BCUT2D eigenvalue weighted by Crippen LogP contribution is 2.34. The first kappa shape index (κ1) is 48.3. The van der Waals surface area contributed by atoms with E-state index in [1.165, 1.54) is 26.4 Å². The molecule has 21 heteroatoms. The molecule has 2 aliphatic heterocycles. The third kappa shape index (κ3) is 10.4. The minimum absolute atomic E-state index is 0.0212. The van der Waals surface area contributed by atoms with E-state index in [0.29, 0.717) is 45.1 Å². The second-order valence-electron chi connectivity index (χ2n) is 16.2. The molecule has 4 heterocycles. The van der Waals surface area contributed by atoms with Crippen LogP contribution < -0.4 is 18.9 Å². The van der Waals surface area contributed by atoms with Gasteiger partial charge in [0.05, 0.1) is 14.2 Å². The summed E-state index contributed by atoms with van der Waals surface area (Å²) in [5.41, 5.74) is 2.75. The number of rotatable bonds is 16. The molecule has 0 radical (unpaired) electrons. The third-order valence-corrected chi connectivity index (χ3v) is 11.2. The number of aromatic nitrogens is 4. The van der Waals surface area contributed by atoms with Crippen molar-refractivity contribution in [2.75, 3.05) is 27.4 Å². The highest BCUT2D eigenvalue weighted by molar-refractivity contribution is 5.59. The van der Waals surface area contributed by atoms with E-state index in [4.69, 9.17) is 37.9 Å². The van der Waals surface area contributed by atoms with Gasteiger partial charge in [0.1, 0.15) is 85.2 Å². The van der Waals surface area contributed by atoms with Crippen LogP contribution in [0.15, 0.2) is 36.4 Å². The monoisotopic (exact) mass is 906 g/mol. The number of benzene rings is 2. The molecule has 10 atom stereocenters. The van der Waals surface area contributed by atoms with Crippen molar-refractivity contribution in [3.05, 3.63) is 81.7 Å². The highest BCUT2D eigenvalue weighted by Gasteiger charge is 2.48. The molecule has 19 nitrogen and oxygen atoms in total. The van der Waals surface area contributed by atoms with E-state index in [1.54, 1.807) is 47.5 Å². The van der Waals surface area contributed by atoms with Crippen LogP contribution in [0.2, 0.25) is 0 Å². The molecule has 64 heavy (non-hydrogen) atoms. The number of hydrogen-bond donors (Lipinski definition) is 6. The summed E-state index contributed by atoms with van der Waals surface area (Å²) in [5.74, 6) is -0.511. The number of halogens is 2. The summed E-state index contributed by atoms with van der Waals surface area (Å²) in [6.07, 6.45) is -18.4. The summed E-state index contributed by atoms with van der Waals surface area (Å²) in [6.45, 7) is 9.53. The van der Waals surface area contributed by atoms with Gasteiger partial charge in [-0.2, -0.15) is 0 Å². The highest BCUT2D eigenvalue weighted by atomic mass is 19.1. The van der Waals surface area contributed by atoms with Crippen molar-refractivity contribution in [3.63, 3.8) is 0 Å². The van der Waals surface area contributed by atoms with Crippen molar-refractivity contribution in [3.8, 4) is 23.3 Å². The summed E-state index contributed by atoms with van der Waals surface area (Å²) in [4.78, 5) is 12.9. The van der Waals surface area contributed by atoms with Crippen molar-refractivity contribution in [2.45, 2.75) is 128 Å². The number of ether oxygens (including phenoxy) is 8. The number of methoxy groups -OCH3 is 2. The first-order chi connectivity index (χ1) is 30.3. The molecule has 6 N–H and O–H groups in total. The van der Waals surface area contributed by atoms with E-state index in [0.717, 1.165) is 0 Å². The van der Waals surface area contributed by atoms with Crippen LogP contribution in [0.5, 0.6) is 23.3 Å². The number of aliphatic hydroxyl groups excluding tert-OH is 6. The summed E-state index contributed by atoms with van der Waals surface area (Å²) < 4.78 is 77.4. The molecular weight excluding hydrogens is 850 g/mol. The Kier molecular flexibility index (Phi) is 15.4. The zero-order valence-electron chi connectivity index (χ0n) is 36.6. The minimum atomic E-state index is -1.85. The van der Waals surface area contributed by atoms with E-state index in [9.17, 15) is 35.4 Å². The van der Waals surface area contributed by atoms with Gasteiger partial charge >= 0.3 is 6.16 Å². The molecule has 4 aromatic rings. The van der Waals surface area contributed by atoms with Crippen LogP contribution in [-0.4, -0.2) is 145 Å². The zero-order valence-corrected chi connectivity index (χ0v) is 36.6. The zero-order chi connectivity index (χ0) is 46.7. The first-order valence-corrected chi connectivity index (χ1v) is 20.7. The molecule has 0 aliphatic carbocycles. The Labute approximate surface area is 367 Å². The molecule has 6 rings (SSSR count). The van der Waals surface area contributed by atoms with Crippen LogP contribution in [0.3, 0.4) is 0 Å². The maximum Gasteiger partial charge on any atom is 0.508 e. The molecule has 0 amide bonds. The number of hydrogen-bond acceptors (Lipinski definition) is 17. The lowest BCUT2D eigenvalue weighted by Gasteiger charge is -2.40. The van der Waals surface area contributed by atoms with E-state index in [-0.39, 0.29) is 36.7 Å². The Morgan fingerprint density at radius 3 is 1.34 bits per heavy atom. The first-order valence-electron chi connectivity index (χ1n) is 20.7. The molecule has 0 saturated carbocycles.